The molecular formula is C26H40O5. The second-order valence-corrected chi connectivity index (χ2v) is 11.4. The van der Waals surface area contributed by atoms with Crippen molar-refractivity contribution in [3.05, 3.63) is 12.2 Å². The molecule has 0 aromatic heterocycles. The maximum atomic E-state index is 12.2. The first kappa shape index (κ1) is 22.1. The van der Waals surface area contributed by atoms with Gasteiger partial charge in [-0.3, -0.25) is 0 Å². The third kappa shape index (κ3) is 3.46. The quantitative estimate of drug-likeness (QED) is 0.519. The molecule has 5 fully saturated rings. The molecule has 1 saturated heterocycles. The van der Waals surface area contributed by atoms with Crippen LogP contribution in [0, 0.1) is 34.5 Å². The number of hydrogen-bond donors (Lipinski definition) is 1. The highest BCUT2D eigenvalue weighted by molar-refractivity contribution is 5.50. The van der Waals surface area contributed by atoms with Crippen molar-refractivity contribution in [2.45, 2.75) is 89.6 Å². The van der Waals surface area contributed by atoms with Crippen LogP contribution in [-0.2, 0) is 19.0 Å². The van der Waals surface area contributed by atoms with E-state index in [0.29, 0.717) is 42.3 Å². The van der Waals surface area contributed by atoms with Crippen molar-refractivity contribution < 1.29 is 24.1 Å². The van der Waals surface area contributed by atoms with Gasteiger partial charge >= 0.3 is 0 Å². The van der Waals surface area contributed by atoms with Crippen LogP contribution in [0.5, 0.6) is 0 Å². The van der Waals surface area contributed by atoms with E-state index in [0.717, 1.165) is 51.2 Å². The van der Waals surface area contributed by atoms with E-state index in [1.807, 2.05) is 0 Å². The van der Waals surface area contributed by atoms with E-state index in [1.54, 1.807) is 0 Å². The standard InChI is InChI=1S/C26H40O5/c1-24-10-8-20(29-14-13-27)17-19(24)3-5-22-21(24)9-11-25(2)18(7-12-26(22,25)28)4-6-23-30-15-16-31-23/h4,6,13,18-23,28H,3,5,7-12,14-17H2,1-2H3/b6-4+/t18-,19?,20?,21-,22+,24-,25+,26+/m0/s1. The Balaban J connectivity index is 1.33. The van der Waals surface area contributed by atoms with Gasteiger partial charge in [-0.05, 0) is 93.0 Å². The van der Waals surface area contributed by atoms with Crippen LogP contribution in [0.4, 0.5) is 0 Å². The topological polar surface area (TPSA) is 65.0 Å². The molecule has 5 rings (SSSR count). The summed E-state index contributed by atoms with van der Waals surface area (Å²) in [4.78, 5) is 10.7. The van der Waals surface area contributed by atoms with Gasteiger partial charge in [-0.15, -0.1) is 0 Å². The molecule has 4 saturated carbocycles. The van der Waals surface area contributed by atoms with E-state index in [1.165, 1.54) is 12.8 Å². The second-order valence-electron chi connectivity index (χ2n) is 11.4. The van der Waals surface area contributed by atoms with Gasteiger partial charge in [-0.25, -0.2) is 0 Å². The maximum absolute atomic E-state index is 12.2. The molecule has 4 aliphatic carbocycles. The van der Waals surface area contributed by atoms with E-state index in [2.05, 4.69) is 26.0 Å². The van der Waals surface area contributed by atoms with Gasteiger partial charge in [0, 0.05) is 5.41 Å². The van der Waals surface area contributed by atoms with Crippen LogP contribution in [0.15, 0.2) is 12.2 Å². The fraction of sp³-hybridized carbons (Fsp3) is 0.885. The van der Waals surface area contributed by atoms with Crippen molar-refractivity contribution in [3.8, 4) is 0 Å². The molecule has 0 aromatic rings. The van der Waals surface area contributed by atoms with Gasteiger partial charge in [-0.1, -0.05) is 19.9 Å². The Morgan fingerprint density at radius 3 is 2.55 bits per heavy atom. The van der Waals surface area contributed by atoms with Crippen LogP contribution in [0.3, 0.4) is 0 Å². The zero-order valence-corrected chi connectivity index (χ0v) is 19.3. The van der Waals surface area contributed by atoms with Gasteiger partial charge in [0.1, 0.15) is 12.9 Å². The molecule has 1 N–H and O–H groups in total. The van der Waals surface area contributed by atoms with Crippen molar-refractivity contribution >= 4 is 6.29 Å². The van der Waals surface area contributed by atoms with Crippen LogP contribution in [0.1, 0.15) is 71.6 Å². The molecule has 0 amide bonds. The second kappa shape index (κ2) is 8.23. The molecule has 0 spiro atoms. The SMILES string of the molecule is C[C@]12CCC(OCC=O)CC1CC[C@@H]1[C@@H]2CC[C@]2(C)[C@@H](/C=C/C3OCCO3)CC[C@@]12O. The average molecular weight is 433 g/mol. The van der Waals surface area contributed by atoms with E-state index in [4.69, 9.17) is 14.2 Å². The highest BCUT2D eigenvalue weighted by atomic mass is 16.7. The summed E-state index contributed by atoms with van der Waals surface area (Å²) in [6.45, 7) is 6.42. The molecular weight excluding hydrogens is 392 g/mol. The minimum Gasteiger partial charge on any atom is -0.389 e. The molecule has 8 atom stereocenters. The van der Waals surface area contributed by atoms with Gasteiger partial charge in [0.05, 0.1) is 24.9 Å². The summed E-state index contributed by atoms with van der Waals surface area (Å²) in [5.74, 6) is 2.04. The van der Waals surface area contributed by atoms with Crippen LogP contribution in [-0.4, -0.2) is 49.2 Å². The molecule has 0 bridgehead atoms. The van der Waals surface area contributed by atoms with Gasteiger partial charge in [0.2, 0.25) is 0 Å². The number of fused-ring (bicyclic) bond motifs is 5. The monoisotopic (exact) mass is 432 g/mol. The van der Waals surface area contributed by atoms with Crippen molar-refractivity contribution in [1.82, 2.24) is 0 Å². The van der Waals surface area contributed by atoms with Gasteiger partial charge < -0.3 is 24.1 Å². The molecule has 5 aliphatic rings. The summed E-state index contributed by atoms with van der Waals surface area (Å²) in [5, 5.41) is 12.2. The summed E-state index contributed by atoms with van der Waals surface area (Å²) in [5.41, 5.74) is -0.335. The molecule has 5 heteroatoms. The summed E-state index contributed by atoms with van der Waals surface area (Å²) >= 11 is 0. The Morgan fingerprint density at radius 2 is 1.77 bits per heavy atom. The van der Waals surface area contributed by atoms with Crippen molar-refractivity contribution in [3.63, 3.8) is 0 Å². The predicted octanol–water partition coefficient (Wildman–Crippen LogP) is 4.27. The number of rotatable bonds is 5. The van der Waals surface area contributed by atoms with E-state index < -0.39 is 5.60 Å². The van der Waals surface area contributed by atoms with Crippen molar-refractivity contribution in [2.24, 2.45) is 34.5 Å². The van der Waals surface area contributed by atoms with Gasteiger partial charge in [-0.2, -0.15) is 0 Å². The lowest BCUT2D eigenvalue weighted by Crippen LogP contribution is -2.62. The largest absolute Gasteiger partial charge is 0.389 e. The molecule has 0 aromatic carbocycles. The van der Waals surface area contributed by atoms with Crippen LogP contribution in [0.25, 0.3) is 0 Å². The lowest BCUT2D eigenvalue weighted by molar-refractivity contribution is -0.209. The van der Waals surface area contributed by atoms with E-state index in [9.17, 15) is 9.90 Å². The summed E-state index contributed by atoms with van der Waals surface area (Å²) in [6.07, 6.45) is 15.2. The summed E-state index contributed by atoms with van der Waals surface area (Å²) in [6, 6.07) is 0. The molecule has 5 nitrogen and oxygen atoms in total. The number of carbonyl (C=O) groups is 1. The Morgan fingerprint density at radius 1 is 0.968 bits per heavy atom. The number of ether oxygens (including phenoxy) is 3. The van der Waals surface area contributed by atoms with Crippen molar-refractivity contribution in [2.75, 3.05) is 19.8 Å². The van der Waals surface area contributed by atoms with Crippen LogP contribution >= 0.6 is 0 Å². The molecule has 0 radical (unpaired) electrons. The lowest BCUT2D eigenvalue weighted by atomic mass is 9.43. The Labute approximate surface area is 186 Å². The van der Waals surface area contributed by atoms with Gasteiger partial charge in [0.15, 0.2) is 6.29 Å². The van der Waals surface area contributed by atoms with E-state index >= 15 is 0 Å². The zero-order chi connectivity index (χ0) is 21.7. The zero-order valence-electron chi connectivity index (χ0n) is 19.3. The molecule has 1 aliphatic heterocycles. The third-order valence-electron chi connectivity index (χ3n) is 10.4. The Bertz CT molecular complexity index is 702. The smallest absolute Gasteiger partial charge is 0.177 e. The molecule has 2 unspecified atom stereocenters. The first-order valence-corrected chi connectivity index (χ1v) is 12.6. The predicted molar refractivity (Wildman–Crippen MR) is 117 cm³/mol. The number of allylic oxidation sites excluding steroid dienone is 1. The third-order valence-corrected chi connectivity index (χ3v) is 10.4. The van der Waals surface area contributed by atoms with Crippen LogP contribution in [0.2, 0.25) is 0 Å². The molecule has 1 heterocycles. The number of aldehydes is 1. The normalized spacial score (nSPS) is 50.2. The summed E-state index contributed by atoms with van der Waals surface area (Å²) in [7, 11) is 0. The van der Waals surface area contributed by atoms with E-state index in [-0.39, 0.29) is 24.4 Å². The maximum Gasteiger partial charge on any atom is 0.177 e. The lowest BCUT2D eigenvalue weighted by Gasteiger charge is -2.63. The average Bonchev–Trinajstić information content (AvgIpc) is 3.37. The van der Waals surface area contributed by atoms with Crippen molar-refractivity contribution in [1.29, 1.82) is 0 Å². The fourth-order valence-corrected chi connectivity index (χ4v) is 8.58. The number of hydrogen-bond acceptors (Lipinski definition) is 5. The number of aliphatic hydroxyl groups is 1. The highest BCUT2D eigenvalue weighted by Gasteiger charge is 2.66. The Hall–Kier alpha value is -0.750. The summed E-state index contributed by atoms with van der Waals surface area (Å²) < 4.78 is 17.0. The highest BCUT2D eigenvalue weighted by Crippen LogP contribution is 2.69. The number of carbonyl (C=O) groups excluding carboxylic acids is 1. The Kier molecular flexibility index (Phi) is 5.86. The molecule has 174 valence electrons. The van der Waals surface area contributed by atoms with Crippen LogP contribution < -0.4 is 0 Å². The minimum atomic E-state index is -0.568. The fourth-order valence-electron chi connectivity index (χ4n) is 8.58. The first-order chi connectivity index (χ1) is 14.9. The molecule has 31 heavy (non-hydrogen) atoms. The van der Waals surface area contributed by atoms with Gasteiger partial charge in [0.25, 0.3) is 0 Å². The minimum absolute atomic E-state index is 0.0588. The first-order valence-electron chi connectivity index (χ1n) is 12.6.